The van der Waals surface area contributed by atoms with Gasteiger partial charge in [-0.3, -0.25) is 15.8 Å². The van der Waals surface area contributed by atoms with Gasteiger partial charge in [0.15, 0.2) is 0 Å². The Hall–Kier alpha value is -0.780. The van der Waals surface area contributed by atoms with Gasteiger partial charge in [0.2, 0.25) is 0 Å². The summed E-state index contributed by atoms with van der Waals surface area (Å²) in [6.45, 7) is 0. The van der Waals surface area contributed by atoms with E-state index in [4.69, 9.17) is 10.4 Å². The first kappa shape index (κ1) is 4.38. The standard InChI is InChI=1S/C2H5N3O2/c6-4-2-1-3-5(4)7/h1-3,6-7H. The third-order valence-electron chi connectivity index (χ3n) is 0.592. The van der Waals surface area contributed by atoms with Crippen molar-refractivity contribution in [1.82, 2.24) is 15.9 Å². The molecule has 1 aliphatic rings. The number of nitrogens with one attached hydrogen (secondary N) is 1. The summed E-state index contributed by atoms with van der Waals surface area (Å²) in [5.74, 6) is 0. The summed E-state index contributed by atoms with van der Waals surface area (Å²) in [4.78, 5) is 0. The monoisotopic (exact) mass is 103 g/mol. The number of hydrogen-bond donors (Lipinski definition) is 3. The lowest BCUT2D eigenvalue weighted by Crippen LogP contribution is -2.36. The molecule has 0 aromatic heterocycles. The predicted octanol–water partition coefficient (Wildman–Crippen LogP) is -0.727. The van der Waals surface area contributed by atoms with Crippen LogP contribution in [-0.2, 0) is 0 Å². The molecule has 0 aromatic rings. The molecule has 3 N–H and O–H groups in total. The largest absolute Gasteiger partial charge is 0.281 e. The third kappa shape index (κ3) is 0.637. The highest BCUT2D eigenvalue weighted by molar-refractivity contribution is 4.76. The molecule has 5 heteroatoms. The van der Waals surface area contributed by atoms with E-state index in [1.165, 1.54) is 12.4 Å². The molecule has 5 nitrogen and oxygen atoms in total. The van der Waals surface area contributed by atoms with E-state index in [1.807, 2.05) is 0 Å². The topological polar surface area (TPSA) is 59.0 Å². The van der Waals surface area contributed by atoms with Gasteiger partial charge in [0.25, 0.3) is 0 Å². The van der Waals surface area contributed by atoms with Crippen LogP contribution in [0, 0.1) is 0 Å². The minimum Gasteiger partial charge on any atom is -0.281 e. The predicted molar refractivity (Wildman–Crippen MR) is 19.5 cm³/mol. The van der Waals surface area contributed by atoms with Crippen LogP contribution in [0.15, 0.2) is 12.4 Å². The summed E-state index contributed by atoms with van der Waals surface area (Å²) < 4.78 is 0. The van der Waals surface area contributed by atoms with Crippen LogP contribution >= 0.6 is 0 Å². The van der Waals surface area contributed by atoms with E-state index in [9.17, 15) is 0 Å². The van der Waals surface area contributed by atoms with E-state index < -0.39 is 0 Å². The third-order valence-corrected chi connectivity index (χ3v) is 0.592. The molecule has 0 bridgehead atoms. The zero-order valence-electron chi connectivity index (χ0n) is 3.44. The smallest absolute Gasteiger partial charge is 0.0678 e. The van der Waals surface area contributed by atoms with Gasteiger partial charge >= 0.3 is 0 Å². The van der Waals surface area contributed by atoms with Gasteiger partial charge < -0.3 is 0 Å². The van der Waals surface area contributed by atoms with Gasteiger partial charge in [-0.25, -0.2) is 0 Å². The van der Waals surface area contributed by atoms with Crippen molar-refractivity contribution in [3.63, 3.8) is 0 Å². The Morgan fingerprint density at radius 1 is 1.43 bits per heavy atom. The summed E-state index contributed by atoms with van der Waals surface area (Å²) in [6, 6.07) is 0. The molecule has 1 heterocycles. The molecule has 40 valence electrons. The Kier molecular flexibility index (Phi) is 0.861. The zero-order chi connectivity index (χ0) is 5.28. The van der Waals surface area contributed by atoms with Crippen molar-refractivity contribution in [2.75, 3.05) is 0 Å². The Morgan fingerprint density at radius 2 is 2.14 bits per heavy atom. The van der Waals surface area contributed by atoms with Crippen LogP contribution in [-0.4, -0.2) is 20.9 Å². The highest BCUT2D eigenvalue weighted by Gasteiger charge is 2.06. The van der Waals surface area contributed by atoms with Crippen LogP contribution in [0.5, 0.6) is 0 Å². The van der Waals surface area contributed by atoms with Crippen molar-refractivity contribution < 1.29 is 10.4 Å². The molecule has 0 unspecified atom stereocenters. The molecule has 0 spiro atoms. The summed E-state index contributed by atoms with van der Waals surface area (Å²) in [5, 5.41) is 17.6. The Bertz CT molecular complexity index is 92.9. The summed E-state index contributed by atoms with van der Waals surface area (Å²) in [7, 11) is 0. The van der Waals surface area contributed by atoms with Crippen molar-refractivity contribution in [3.05, 3.63) is 12.4 Å². The van der Waals surface area contributed by atoms with Gasteiger partial charge in [0.05, 0.1) is 6.20 Å². The lowest BCUT2D eigenvalue weighted by molar-refractivity contribution is -0.350. The van der Waals surface area contributed by atoms with Crippen LogP contribution < -0.4 is 5.43 Å². The van der Waals surface area contributed by atoms with Gasteiger partial charge in [-0.15, -0.1) is 5.17 Å². The molecule has 0 amide bonds. The number of hydrogen-bond acceptors (Lipinski definition) is 5. The fraction of sp³-hybridized carbons (Fsp3) is 0. The SMILES string of the molecule is ON1C=CNN1O. The Labute approximate surface area is 39.9 Å². The summed E-state index contributed by atoms with van der Waals surface area (Å²) in [5.41, 5.74) is 2.25. The fourth-order valence-corrected chi connectivity index (χ4v) is 0.289. The van der Waals surface area contributed by atoms with E-state index in [-0.39, 0.29) is 0 Å². The number of nitrogens with zero attached hydrogens (tertiary/aromatic N) is 2. The normalized spacial score (nSPS) is 20.6. The quantitative estimate of drug-likeness (QED) is 0.377. The molecule has 1 rings (SSSR count). The van der Waals surface area contributed by atoms with Crippen molar-refractivity contribution >= 4 is 0 Å². The molecule has 0 saturated heterocycles. The van der Waals surface area contributed by atoms with Crippen LogP contribution in [0.2, 0.25) is 0 Å². The summed E-state index contributed by atoms with van der Waals surface area (Å²) in [6.07, 6.45) is 2.62. The van der Waals surface area contributed by atoms with E-state index in [0.717, 1.165) is 0 Å². The number of rotatable bonds is 0. The van der Waals surface area contributed by atoms with E-state index in [0.29, 0.717) is 10.5 Å². The second-order valence-electron chi connectivity index (χ2n) is 1.05. The first-order valence-corrected chi connectivity index (χ1v) is 1.70. The number of hydroxylamine groups is 1. The van der Waals surface area contributed by atoms with Crippen molar-refractivity contribution in [2.45, 2.75) is 0 Å². The fourth-order valence-electron chi connectivity index (χ4n) is 0.289. The van der Waals surface area contributed by atoms with Gasteiger partial charge in [-0.2, -0.15) is 0 Å². The van der Waals surface area contributed by atoms with Crippen molar-refractivity contribution in [2.24, 2.45) is 0 Å². The maximum Gasteiger partial charge on any atom is 0.0678 e. The van der Waals surface area contributed by atoms with E-state index >= 15 is 0 Å². The van der Waals surface area contributed by atoms with Crippen molar-refractivity contribution in [3.8, 4) is 0 Å². The molecule has 0 atom stereocenters. The molecule has 0 fully saturated rings. The highest BCUT2D eigenvalue weighted by atomic mass is 16.7. The lowest BCUT2D eigenvalue weighted by Gasteiger charge is -2.12. The van der Waals surface area contributed by atoms with Crippen LogP contribution in [0.25, 0.3) is 0 Å². The van der Waals surface area contributed by atoms with Gasteiger partial charge in [0, 0.05) is 11.5 Å². The average molecular weight is 103 g/mol. The average Bonchev–Trinajstić information content (AvgIpc) is 1.91. The molecule has 0 radical (unpaired) electrons. The maximum atomic E-state index is 8.36. The molecule has 0 aromatic carbocycles. The molecule has 0 saturated carbocycles. The molecule has 1 aliphatic heterocycles. The molecule has 0 aliphatic carbocycles. The zero-order valence-corrected chi connectivity index (χ0v) is 3.44. The van der Waals surface area contributed by atoms with Crippen LogP contribution in [0.1, 0.15) is 0 Å². The van der Waals surface area contributed by atoms with E-state index in [2.05, 4.69) is 5.43 Å². The van der Waals surface area contributed by atoms with Crippen LogP contribution in [0.3, 0.4) is 0 Å². The Balaban J connectivity index is 2.45. The first-order chi connectivity index (χ1) is 3.30. The second-order valence-corrected chi connectivity index (χ2v) is 1.05. The second kappa shape index (κ2) is 1.38. The summed E-state index contributed by atoms with van der Waals surface area (Å²) >= 11 is 0. The first-order valence-electron chi connectivity index (χ1n) is 1.70. The van der Waals surface area contributed by atoms with Gasteiger partial charge in [-0.1, -0.05) is 0 Å². The van der Waals surface area contributed by atoms with Gasteiger partial charge in [-0.05, 0) is 0 Å². The minimum absolute atomic E-state index is 0.431. The van der Waals surface area contributed by atoms with Crippen LogP contribution in [0.4, 0.5) is 0 Å². The molecule has 7 heavy (non-hydrogen) atoms. The minimum atomic E-state index is 0.431. The Morgan fingerprint density at radius 3 is 2.29 bits per heavy atom. The maximum absolute atomic E-state index is 8.36. The molecular formula is C2H5N3O2. The van der Waals surface area contributed by atoms with Crippen molar-refractivity contribution in [1.29, 1.82) is 0 Å². The highest BCUT2D eigenvalue weighted by Crippen LogP contribution is 1.91. The number of hydrazine groups is 2. The van der Waals surface area contributed by atoms with E-state index in [1.54, 1.807) is 0 Å². The lowest BCUT2D eigenvalue weighted by atomic mass is 11.0. The van der Waals surface area contributed by atoms with Gasteiger partial charge in [0.1, 0.15) is 0 Å². The molecular weight excluding hydrogens is 98.0 g/mol.